The number of aliphatic carboxylic acids is 1. The minimum absolute atomic E-state index is 0. The molecule has 0 heterocycles. The molecular weight excluding hydrogens is 115 g/mol. The van der Waals surface area contributed by atoms with Crippen LogP contribution in [0, 0.1) is 0 Å². The van der Waals surface area contributed by atoms with E-state index >= 15 is 0 Å². The van der Waals surface area contributed by atoms with Crippen molar-refractivity contribution in [2.24, 2.45) is 0 Å². The molecule has 0 aliphatic carbocycles. The molecule has 0 radical (unpaired) electrons. The third-order valence-corrected chi connectivity index (χ3v) is 0.755. The Labute approximate surface area is 70.9 Å². The Kier molecular flexibility index (Phi) is 7.40. The largest absolute Gasteiger partial charge is 1.00 e. The van der Waals surface area contributed by atoms with Crippen LogP contribution in [0.2, 0.25) is 0 Å². The number of hydrogen-bond acceptors (Lipinski definition) is 2. The minimum atomic E-state index is -1.09. The van der Waals surface area contributed by atoms with Gasteiger partial charge in [-0.3, -0.25) is 0 Å². The Morgan fingerprint density at radius 2 is 2.00 bits per heavy atom. The number of allylic oxidation sites excluding steroid dienone is 1. The van der Waals surface area contributed by atoms with Gasteiger partial charge in [0, 0.05) is 0 Å². The fourth-order valence-corrected chi connectivity index (χ4v) is 0.118. The number of carboxylic acids is 1. The summed E-state index contributed by atoms with van der Waals surface area (Å²) in [6, 6.07) is 0. The summed E-state index contributed by atoms with van der Waals surface area (Å²) in [7, 11) is 0. The standard InChI is InChI=1S/C5H8O2.Na/c1-3-4(2)5(6)7;/h3H,1-2H3,(H,6,7);/q;+1/p-1. The van der Waals surface area contributed by atoms with E-state index in [-0.39, 0.29) is 35.1 Å². The van der Waals surface area contributed by atoms with E-state index in [1.54, 1.807) is 6.92 Å². The second kappa shape index (κ2) is 5.35. The summed E-state index contributed by atoms with van der Waals surface area (Å²) in [6.45, 7) is 3.15. The predicted octanol–water partition coefficient (Wildman–Crippen LogP) is -3.29. The maximum Gasteiger partial charge on any atom is 1.00 e. The molecule has 0 aliphatic rings. The third-order valence-electron chi connectivity index (χ3n) is 0.755. The molecule has 8 heavy (non-hydrogen) atoms. The zero-order chi connectivity index (χ0) is 5.86. The van der Waals surface area contributed by atoms with E-state index in [1.807, 2.05) is 0 Å². The Morgan fingerprint density at radius 1 is 1.62 bits per heavy atom. The van der Waals surface area contributed by atoms with E-state index in [9.17, 15) is 9.90 Å². The number of rotatable bonds is 1. The molecule has 0 spiro atoms. The fourth-order valence-electron chi connectivity index (χ4n) is 0.118. The molecule has 0 aromatic heterocycles. The van der Waals surface area contributed by atoms with Crippen LogP contribution in [-0.4, -0.2) is 5.97 Å². The van der Waals surface area contributed by atoms with Crippen molar-refractivity contribution < 1.29 is 39.5 Å². The van der Waals surface area contributed by atoms with Gasteiger partial charge in [0.2, 0.25) is 0 Å². The van der Waals surface area contributed by atoms with Gasteiger partial charge in [0.1, 0.15) is 0 Å². The van der Waals surface area contributed by atoms with E-state index in [0.29, 0.717) is 0 Å². The average Bonchev–Trinajstić information content (AvgIpc) is 1.65. The Morgan fingerprint density at radius 3 is 2.00 bits per heavy atom. The van der Waals surface area contributed by atoms with E-state index in [4.69, 9.17) is 0 Å². The van der Waals surface area contributed by atoms with Crippen molar-refractivity contribution in [3.63, 3.8) is 0 Å². The topological polar surface area (TPSA) is 40.1 Å². The maximum absolute atomic E-state index is 9.75. The Balaban J connectivity index is 0. The van der Waals surface area contributed by atoms with Crippen LogP contribution in [0.4, 0.5) is 0 Å². The van der Waals surface area contributed by atoms with Crippen molar-refractivity contribution in [3.8, 4) is 0 Å². The van der Waals surface area contributed by atoms with Crippen LogP contribution < -0.4 is 34.7 Å². The van der Waals surface area contributed by atoms with Gasteiger partial charge >= 0.3 is 29.6 Å². The quantitative estimate of drug-likeness (QED) is 0.270. The third kappa shape index (κ3) is 4.37. The van der Waals surface area contributed by atoms with Crippen molar-refractivity contribution in [1.82, 2.24) is 0 Å². The van der Waals surface area contributed by atoms with E-state index < -0.39 is 5.97 Å². The molecule has 0 bridgehead atoms. The maximum atomic E-state index is 9.75. The van der Waals surface area contributed by atoms with Crippen molar-refractivity contribution in [2.45, 2.75) is 13.8 Å². The van der Waals surface area contributed by atoms with Crippen LogP contribution in [0.25, 0.3) is 0 Å². The molecule has 40 valence electrons. The first kappa shape index (κ1) is 11.1. The molecule has 0 unspecified atom stereocenters. The van der Waals surface area contributed by atoms with Gasteiger partial charge in [-0.2, -0.15) is 0 Å². The van der Waals surface area contributed by atoms with Crippen molar-refractivity contribution in [2.75, 3.05) is 0 Å². The molecule has 0 saturated heterocycles. The summed E-state index contributed by atoms with van der Waals surface area (Å²) < 4.78 is 0. The molecule has 0 amide bonds. The zero-order valence-electron chi connectivity index (χ0n) is 5.39. The van der Waals surface area contributed by atoms with E-state index in [0.717, 1.165) is 0 Å². The van der Waals surface area contributed by atoms with Crippen molar-refractivity contribution in [1.29, 1.82) is 0 Å². The van der Waals surface area contributed by atoms with Gasteiger partial charge in [-0.25, -0.2) is 0 Å². The SMILES string of the molecule is CC=C(C)C(=O)[O-].[Na+]. The molecule has 0 aromatic rings. The average molecular weight is 122 g/mol. The van der Waals surface area contributed by atoms with Gasteiger partial charge in [0.05, 0.1) is 5.97 Å². The smallest absolute Gasteiger partial charge is 0.545 e. The molecule has 0 rings (SSSR count). The number of carbonyl (C=O) groups excluding carboxylic acids is 1. The van der Waals surface area contributed by atoms with Crippen LogP contribution in [0.3, 0.4) is 0 Å². The Bertz CT molecular complexity index is 107. The molecule has 0 aromatic carbocycles. The summed E-state index contributed by atoms with van der Waals surface area (Å²) in [4.78, 5) is 9.75. The number of carbonyl (C=O) groups is 1. The van der Waals surface area contributed by atoms with Gasteiger partial charge in [-0.05, 0) is 19.4 Å². The molecular formula is C5H7NaO2. The van der Waals surface area contributed by atoms with Gasteiger partial charge in [-0.1, -0.05) is 6.08 Å². The van der Waals surface area contributed by atoms with E-state index in [1.165, 1.54) is 13.0 Å². The zero-order valence-corrected chi connectivity index (χ0v) is 7.39. The summed E-state index contributed by atoms with van der Waals surface area (Å²) in [6.07, 6.45) is 1.50. The second-order valence-electron chi connectivity index (χ2n) is 1.26. The first-order chi connectivity index (χ1) is 3.18. The minimum Gasteiger partial charge on any atom is -0.545 e. The summed E-state index contributed by atoms with van der Waals surface area (Å²) in [5.41, 5.74) is 0.278. The van der Waals surface area contributed by atoms with E-state index in [2.05, 4.69) is 0 Å². The van der Waals surface area contributed by atoms with Crippen LogP contribution >= 0.6 is 0 Å². The molecule has 0 fully saturated rings. The molecule has 0 atom stereocenters. The summed E-state index contributed by atoms with van der Waals surface area (Å²) in [5, 5.41) is 9.75. The predicted molar refractivity (Wildman–Crippen MR) is 24.4 cm³/mol. The van der Waals surface area contributed by atoms with Crippen LogP contribution in [0.5, 0.6) is 0 Å². The van der Waals surface area contributed by atoms with Crippen LogP contribution in [-0.2, 0) is 4.79 Å². The molecule has 3 heteroatoms. The van der Waals surface area contributed by atoms with Gasteiger partial charge < -0.3 is 9.90 Å². The Hall–Kier alpha value is 0.210. The molecule has 0 N–H and O–H groups in total. The number of carboxylic acid groups (broad SMARTS) is 1. The van der Waals surface area contributed by atoms with Crippen molar-refractivity contribution >= 4 is 5.97 Å². The first-order valence-electron chi connectivity index (χ1n) is 2.02. The van der Waals surface area contributed by atoms with Gasteiger partial charge in [0.15, 0.2) is 0 Å². The second-order valence-corrected chi connectivity index (χ2v) is 1.26. The van der Waals surface area contributed by atoms with Crippen molar-refractivity contribution in [3.05, 3.63) is 11.6 Å². The summed E-state index contributed by atoms with van der Waals surface area (Å²) >= 11 is 0. The van der Waals surface area contributed by atoms with Crippen LogP contribution in [0.15, 0.2) is 11.6 Å². The summed E-state index contributed by atoms with van der Waals surface area (Å²) in [5.74, 6) is -1.09. The molecule has 0 saturated carbocycles. The van der Waals surface area contributed by atoms with Gasteiger partial charge in [-0.15, -0.1) is 0 Å². The normalized spacial score (nSPS) is 10.0. The van der Waals surface area contributed by atoms with Gasteiger partial charge in [0.25, 0.3) is 0 Å². The monoisotopic (exact) mass is 122 g/mol. The fraction of sp³-hybridized carbons (Fsp3) is 0.400. The van der Waals surface area contributed by atoms with Crippen LogP contribution in [0.1, 0.15) is 13.8 Å². The molecule has 0 aliphatic heterocycles. The number of hydrogen-bond donors (Lipinski definition) is 0. The first-order valence-corrected chi connectivity index (χ1v) is 2.02. The molecule has 2 nitrogen and oxygen atoms in total.